The number of nitrogens with zero attached hydrogens (tertiary/aromatic N) is 2. The fraction of sp³-hybridized carbons (Fsp3) is 0.875. The Morgan fingerprint density at radius 3 is 1.94 bits per heavy atom. The summed E-state index contributed by atoms with van der Waals surface area (Å²) in [5, 5.41) is 1.17. The van der Waals surface area contributed by atoms with Crippen LogP contribution in [0.25, 0.3) is 0 Å². The van der Waals surface area contributed by atoms with E-state index in [-0.39, 0.29) is 5.91 Å². The van der Waals surface area contributed by atoms with E-state index in [1.807, 2.05) is 0 Å². The molecule has 0 aliphatic heterocycles. The molecule has 0 saturated heterocycles. The van der Waals surface area contributed by atoms with E-state index < -0.39 is 13.3 Å². The van der Waals surface area contributed by atoms with Crippen LogP contribution in [-0.4, -0.2) is 33.9 Å². The highest BCUT2D eigenvalue weighted by Gasteiger charge is 2.29. The first kappa shape index (κ1) is 17.3. The third-order valence-corrected chi connectivity index (χ3v) is 4.63. The van der Waals surface area contributed by atoms with E-state index in [1.54, 1.807) is 33.3 Å². The van der Waals surface area contributed by atoms with Crippen LogP contribution in [0.2, 0.25) is 0 Å². The Labute approximate surface area is 111 Å². The van der Waals surface area contributed by atoms with Crippen molar-refractivity contribution in [1.29, 1.82) is 0 Å². The highest BCUT2D eigenvalue weighted by molar-refractivity contribution is 8.00. The lowest BCUT2D eigenvalue weighted by molar-refractivity contribution is -0.133. The number of amides is 1. The first-order chi connectivity index (χ1) is 7.66. The van der Waals surface area contributed by atoms with Crippen molar-refractivity contribution >= 4 is 37.7 Å². The Kier molecular flexibility index (Phi) is 7.13. The van der Waals surface area contributed by atoms with Crippen LogP contribution in [0.4, 0.5) is 0 Å². The Bertz CT molecular complexity index is 309. The van der Waals surface area contributed by atoms with Crippen molar-refractivity contribution in [1.82, 2.24) is 5.01 Å². The Balaban J connectivity index is 5.30. The van der Waals surface area contributed by atoms with Gasteiger partial charge < -0.3 is 4.89 Å². The fourth-order valence-electron chi connectivity index (χ4n) is 1.02. The minimum atomic E-state index is -3.42. The lowest BCUT2D eigenvalue weighted by atomic mass is 10.1. The summed E-state index contributed by atoms with van der Waals surface area (Å²) in [6.45, 7) is 6.79. The summed E-state index contributed by atoms with van der Waals surface area (Å²) in [4.78, 5) is 25.5. The zero-order valence-electron chi connectivity index (χ0n) is 10.8. The van der Waals surface area contributed by atoms with Gasteiger partial charge >= 0.3 is 7.74 Å². The Morgan fingerprint density at radius 2 is 1.71 bits per heavy atom. The molecule has 0 atom stereocenters. The molecule has 0 bridgehead atoms. The third-order valence-electron chi connectivity index (χ3n) is 1.48. The molecule has 0 spiro atoms. The molecule has 0 aliphatic rings. The predicted octanol–water partition coefficient (Wildman–Crippen LogP) is 3.08. The molecule has 0 aliphatic carbocycles. The SMILES string of the molecule is CSOP(O)(=NN(C(C)=O)C(C)(C)C)OSC. The molecule has 9 heteroatoms. The molecule has 0 saturated carbocycles. The largest absolute Gasteiger partial charge is 0.397 e. The van der Waals surface area contributed by atoms with Gasteiger partial charge in [0, 0.05) is 19.4 Å². The minimum Gasteiger partial charge on any atom is -0.316 e. The van der Waals surface area contributed by atoms with Crippen molar-refractivity contribution in [3.05, 3.63) is 0 Å². The lowest BCUT2D eigenvalue weighted by Gasteiger charge is -2.31. The summed E-state index contributed by atoms with van der Waals surface area (Å²) < 4.78 is 10.1. The fourth-order valence-corrected chi connectivity index (χ4v) is 3.75. The van der Waals surface area contributed by atoms with E-state index in [0.717, 1.165) is 24.1 Å². The van der Waals surface area contributed by atoms with Crippen LogP contribution in [0.5, 0.6) is 0 Å². The summed E-state index contributed by atoms with van der Waals surface area (Å²) in [6.07, 6.45) is 3.28. The summed E-state index contributed by atoms with van der Waals surface area (Å²) >= 11 is 1.88. The van der Waals surface area contributed by atoms with Crippen LogP contribution < -0.4 is 0 Å². The average Bonchev–Trinajstić information content (AvgIpc) is 2.13. The maximum atomic E-state index is 11.5. The zero-order valence-corrected chi connectivity index (χ0v) is 13.4. The van der Waals surface area contributed by atoms with Gasteiger partial charge in [0.05, 0.1) is 5.54 Å². The predicted molar refractivity (Wildman–Crippen MR) is 73.0 cm³/mol. The number of carbonyl (C=O) groups is 1. The van der Waals surface area contributed by atoms with Gasteiger partial charge in [-0.3, -0.25) is 4.79 Å². The Morgan fingerprint density at radius 1 is 1.29 bits per heavy atom. The first-order valence-electron chi connectivity index (χ1n) is 4.77. The molecule has 0 heterocycles. The molecule has 0 fully saturated rings. The molecular weight excluding hydrogens is 283 g/mol. The maximum absolute atomic E-state index is 11.5. The molecule has 1 N–H and O–H groups in total. The average molecular weight is 302 g/mol. The van der Waals surface area contributed by atoms with Gasteiger partial charge in [0.1, 0.15) is 0 Å². The van der Waals surface area contributed by atoms with Crippen LogP contribution in [0.1, 0.15) is 27.7 Å². The molecule has 1 amide bonds. The minimum absolute atomic E-state index is 0.287. The third kappa shape index (κ3) is 6.13. The number of hydrogen-bond donors (Lipinski definition) is 1. The Hall–Kier alpha value is 0.280. The van der Waals surface area contributed by atoms with Crippen LogP contribution in [-0.2, 0) is 12.7 Å². The monoisotopic (exact) mass is 302 g/mol. The maximum Gasteiger partial charge on any atom is 0.397 e. The number of rotatable bonds is 5. The lowest BCUT2D eigenvalue weighted by Crippen LogP contribution is -2.40. The summed E-state index contributed by atoms with van der Waals surface area (Å²) in [5.41, 5.74) is -0.552. The molecule has 0 radical (unpaired) electrons. The molecule has 0 unspecified atom stereocenters. The summed E-state index contributed by atoms with van der Waals surface area (Å²) in [7, 11) is -3.42. The van der Waals surface area contributed by atoms with Crippen molar-refractivity contribution in [2.24, 2.45) is 4.85 Å². The zero-order chi connectivity index (χ0) is 13.7. The van der Waals surface area contributed by atoms with Gasteiger partial charge in [-0.15, -0.1) is 4.85 Å². The van der Waals surface area contributed by atoms with Crippen molar-refractivity contribution in [2.45, 2.75) is 33.2 Å². The number of hydrogen-bond acceptors (Lipinski definition) is 6. The topological polar surface area (TPSA) is 71.4 Å². The molecule has 102 valence electrons. The normalized spacial score (nSPS) is 12.4. The molecule has 0 aromatic heterocycles. The second-order valence-electron chi connectivity index (χ2n) is 4.06. The highest BCUT2D eigenvalue weighted by atomic mass is 32.2. The van der Waals surface area contributed by atoms with Gasteiger partial charge in [0.15, 0.2) is 0 Å². The van der Waals surface area contributed by atoms with Gasteiger partial charge in [0.25, 0.3) is 0 Å². The second-order valence-corrected chi connectivity index (χ2v) is 7.08. The highest BCUT2D eigenvalue weighted by Crippen LogP contribution is 2.54. The van der Waals surface area contributed by atoms with E-state index in [4.69, 9.17) is 7.94 Å². The van der Waals surface area contributed by atoms with Crippen LogP contribution in [0.3, 0.4) is 0 Å². The van der Waals surface area contributed by atoms with E-state index in [2.05, 4.69) is 4.85 Å². The van der Waals surface area contributed by atoms with Gasteiger partial charge in [-0.25, -0.2) is 12.9 Å². The molecule has 0 aromatic rings. The standard InChI is InChI=1S/C8H19N2O4PS2/c1-7(11)10(8(2,3)4)9-15(12,13-16-5)14-17-6/h12H,1-6H3. The smallest absolute Gasteiger partial charge is 0.316 e. The van der Waals surface area contributed by atoms with Crippen molar-refractivity contribution in [3.63, 3.8) is 0 Å². The van der Waals surface area contributed by atoms with Crippen molar-refractivity contribution in [3.8, 4) is 0 Å². The summed E-state index contributed by atoms with van der Waals surface area (Å²) in [6, 6.07) is 0. The van der Waals surface area contributed by atoms with Crippen LogP contribution in [0, 0.1) is 0 Å². The van der Waals surface area contributed by atoms with Crippen LogP contribution >= 0.6 is 31.8 Å². The van der Waals surface area contributed by atoms with Crippen molar-refractivity contribution < 1.29 is 17.6 Å². The van der Waals surface area contributed by atoms with E-state index in [1.165, 1.54) is 11.9 Å². The quantitative estimate of drug-likeness (QED) is 0.478. The summed E-state index contributed by atoms with van der Waals surface area (Å²) in [5.74, 6) is -0.287. The molecule has 0 rings (SSSR count). The van der Waals surface area contributed by atoms with Gasteiger partial charge in [-0.2, -0.15) is 0 Å². The van der Waals surface area contributed by atoms with Gasteiger partial charge in [-0.1, -0.05) is 0 Å². The van der Waals surface area contributed by atoms with E-state index >= 15 is 0 Å². The molecule has 0 aromatic carbocycles. The van der Waals surface area contributed by atoms with Gasteiger partial charge in [0.2, 0.25) is 5.91 Å². The number of carbonyl (C=O) groups excluding carboxylic acids is 1. The first-order valence-corrected chi connectivity index (χ1v) is 8.60. The van der Waals surface area contributed by atoms with Crippen LogP contribution in [0.15, 0.2) is 4.85 Å². The van der Waals surface area contributed by atoms with E-state index in [0.29, 0.717) is 0 Å². The molecule has 6 nitrogen and oxygen atoms in total. The second kappa shape index (κ2) is 7.01. The molecule has 17 heavy (non-hydrogen) atoms. The van der Waals surface area contributed by atoms with Crippen molar-refractivity contribution in [2.75, 3.05) is 12.5 Å². The van der Waals surface area contributed by atoms with E-state index in [9.17, 15) is 9.69 Å². The molecular formula is C8H19N2O4PS2. The van der Waals surface area contributed by atoms with Gasteiger partial charge in [-0.05, 0) is 44.9 Å².